The van der Waals surface area contributed by atoms with E-state index in [-0.39, 0.29) is 0 Å². The minimum atomic E-state index is 0.756. The Kier molecular flexibility index (Phi) is 2.34. The van der Waals surface area contributed by atoms with E-state index in [0.717, 1.165) is 27.7 Å². The molecule has 0 aliphatic rings. The fraction of sp³-hybridized carbons (Fsp3) is 0.167. The zero-order chi connectivity index (χ0) is 10.1. The third-order valence-corrected chi connectivity index (χ3v) is 2.45. The van der Waals surface area contributed by atoms with Gasteiger partial charge in [0.1, 0.15) is 11.5 Å². The van der Waals surface area contributed by atoms with Gasteiger partial charge in [0.05, 0.1) is 0 Å². The molecule has 1 nitrogen and oxygen atoms in total. The van der Waals surface area contributed by atoms with Gasteiger partial charge in [-0.15, -0.1) is 0 Å². The molecule has 2 aromatic rings. The molecule has 0 bridgehead atoms. The molecule has 14 heavy (non-hydrogen) atoms. The van der Waals surface area contributed by atoms with E-state index in [1.54, 1.807) is 0 Å². The maximum atomic E-state index is 5.82. The van der Waals surface area contributed by atoms with Crippen LogP contribution in [-0.2, 0) is 0 Å². The number of hydrogen-bond donors (Lipinski definition) is 0. The van der Waals surface area contributed by atoms with Crippen LogP contribution in [0.15, 0.2) is 34.7 Å². The number of hydrogen-bond acceptors (Lipinski definition) is 1. The molecule has 0 amide bonds. The van der Waals surface area contributed by atoms with Crippen molar-refractivity contribution in [3.8, 4) is 11.1 Å². The molecule has 0 saturated carbocycles. The van der Waals surface area contributed by atoms with Crippen LogP contribution in [0.4, 0.5) is 0 Å². The molecular weight excluding hydrogens is 196 g/mol. The Morgan fingerprint density at radius 3 is 2.21 bits per heavy atom. The fourth-order valence-electron chi connectivity index (χ4n) is 1.55. The van der Waals surface area contributed by atoms with Gasteiger partial charge in [0.2, 0.25) is 0 Å². The maximum Gasteiger partial charge on any atom is 0.108 e. The van der Waals surface area contributed by atoms with Crippen molar-refractivity contribution in [2.45, 2.75) is 13.8 Å². The Labute approximate surface area is 88.3 Å². The van der Waals surface area contributed by atoms with Crippen molar-refractivity contribution >= 4 is 11.6 Å². The minimum Gasteiger partial charge on any atom is -0.466 e. The van der Waals surface area contributed by atoms with Gasteiger partial charge < -0.3 is 4.42 Å². The van der Waals surface area contributed by atoms with Crippen LogP contribution < -0.4 is 0 Å². The number of benzene rings is 1. The lowest BCUT2D eigenvalue weighted by Crippen LogP contribution is -1.75. The predicted octanol–water partition coefficient (Wildman–Crippen LogP) is 4.22. The second-order valence-corrected chi connectivity index (χ2v) is 3.77. The highest BCUT2D eigenvalue weighted by molar-refractivity contribution is 6.30. The van der Waals surface area contributed by atoms with Crippen LogP contribution >= 0.6 is 11.6 Å². The summed E-state index contributed by atoms with van der Waals surface area (Å²) < 4.78 is 5.47. The minimum absolute atomic E-state index is 0.756. The van der Waals surface area contributed by atoms with Crippen LogP contribution in [0.3, 0.4) is 0 Å². The van der Waals surface area contributed by atoms with Crippen LogP contribution in [0.1, 0.15) is 11.5 Å². The first-order chi connectivity index (χ1) is 6.66. The summed E-state index contributed by atoms with van der Waals surface area (Å²) in [6.07, 6.45) is 0. The quantitative estimate of drug-likeness (QED) is 0.681. The third-order valence-electron chi connectivity index (χ3n) is 2.20. The fourth-order valence-corrected chi connectivity index (χ4v) is 1.67. The molecule has 0 spiro atoms. The zero-order valence-corrected chi connectivity index (χ0v) is 8.93. The molecular formula is C12H11ClO. The third kappa shape index (κ3) is 1.68. The summed E-state index contributed by atoms with van der Waals surface area (Å²) in [5, 5.41) is 0.756. The van der Waals surface area contributed by atoms with Gasteiger partial charge in [-0.25, -0.2) is 0 Å². The summed E-state index contributed by atoms with van der Waals surface area (Å²) in [5.41, 5.74) is 2.28. The lowest BCUT2D eigenvalue weighted by Gasteiger charge is -1.98. The van der Waals surface area contributed by atoms with Crippen LogP contribution in [0.2, 0.25) is 5.02 Å². The monoisotopic (exact) mass is 206 g/mol. The van der Waals surface area contributed by atoms with Crippen molar-refractivity contribution in [1.29, 1.82) is 0 Å². The van der Waals surface area contributed by atoms with Crippen molar-refractivity contribution in [2.75, 3.05) is 0 Å². The first kappa shape index (κ1) is 9.35. The number of halogens is 1. The van der Waals surface area contributed by atoms with Gasteiger partial charge in [-0.05, 0) is 37.6 Å². The smallest absolute Gasteiger partial charge is 0.108 e. The summed E-state index contributed by atoms with van der Waals surface area (Å²) in [6.45, 7) is 3.92. The normalized spacial score (nSPS) is 10.5. The highest BCUT2D eigenvalue weighted by atomic mass is 35.5. The lowest BCUT2D eigenvalue weighted by molar-refractivity contribution is 0.505. The van der Waals surface area contributed by atoms with Crippen molar-refractivity contribution in [2.24, 2.45) is 0 Å². The van der Waals surface area contributed by atoms with E-state index >= 15 is 0 Å². The van der Waals surface area contributed by atoms with E-state index in [0.29, 0.717) is 0 Å². The molecule has 2 heteroatoms. The summed E-state index contributed by atoms with van der Waals surface area (Å²) in [6, 6.07) is 9.81. The second kappa shape index (κ2) is 3.50. The lowest BCUT2D eigenvalue weighted by atomic mass is 10.1. The molecule has 2 rings (SSSR count). The van der Waals surface area contributed by atoms with Crippen LogP contribution in [0.5, 0.6) is 0 Å². The number of aryl methyl sites for hydroxylation is 2. The van der Waals surface area contributed by atoms with E-state index < -0.39 is 0 Å². The van der Waals surface area contributed by atoms with Crippen LogP contribution in [-0.4, -0.2) is 0 Å². The molecule has 0 aliphatic carbocycles. The summed E-state index contributed by atoms with van der Waals surface area (Å²) in [5.74, 6) is 1.89. The molecule has 1 aromatic heterocycles. The van der Waals surface area contributed by atoms with Gasteiger partial charge in [0, 0.05) is 10.6 Å². The zero-order valence-electron chi connectivity index (χ0n) is 8.17. The Balaban J connectivity index is 2.49. The van der Waals surface area contributed by atoms with Crippen molar-refractivity contribution < 1.29 is 4.42 Å². The van der Waals surface area contributed by atoms with Gasteiger partial charge in [0.25, 0.3) is 0 Å². The second-order valence-electron chi connectivity index (χ2n) is 3.33. The Morgan fingerprint density at radius 1 is 1.07 bits per heavy atom. The van der Waals surface area contributed by atoms with E-state index in [4.69, 9.17) is 16.0 Å². The predicted molar refractivity (Wildman–Crippen MR) is 58.6 cm³/mol. The Bertz CT molecular complexity index is 440. The first-order valence-corrected chi connectivity index (χ1v) is 4.87. The van der Waals surface area contributed by atoms with E-state index in [1.165, 1.54) is 0 Å². The Morgan fingerprint density at radius 2 is 1.71 bits per heavy atom. The van der Waals surface area contributed by atoms with Crippen molar-refractivity contribution in [3.63, 3.8) is 0 Å². The SMILES string of the molecule is Cc1cc(-c2ccc(Cl)cc2)c(C)o1. The average molecular weight is 207 g/mol. The van der Waals surface area contributed by atoms with Gasteiger partial charge in [-0.2, -0.15) is 0 Å². The maximum absolute atomic E-state index is 5.82. The molecule has 0 atom stereocenters. The molecule has 1 aromatic carbocycles. The summed E-state index contributed by atoms with van der Waals surface area (Å²) in [7, 11) is 0. The van der Waals surface area contributed by atoms with E-state index in [2.05, 4.69) is 0 Å². The Hall–Kier alpha value is -1.21. The largest absolute Gasteiger partial charge is 0.466 e. The molecule has 0 radical (unpaired) electrons. The molecule has 0 saturated heterocycles. The average Bonchev–Trinajstić information content (AvgIpc) is 2.47. The highest BCUT2D eigenvalue weighted by Gasteiger charge is 2.06. The van der Waals surface area contributed by atoms with Gasteiger partial charge in [-0.1, -0.05) is 23.7 Å². The van der Waals surface area contributed by atoms with Crippen molar-refractivity contribution in [1.82, 2.24) is 0 Å². The van der Waals surface area contributed by atoms with Crippen LogP contribution in [0.25, 0.3) is 11.1 Å². The van der Waals surface area contributed by atoms with Gasteiger partial charge >= 0.3 is 0 Å². The molecule has 0 aliphatic heterocycles. The van der Waals surface area contributed by atoms with Crippen molar-refractivity contribution in [3.05, 3.63) is 46.9 Å². The molecule has 0 unspecified atom stereocenters. The molecule has 72 valence electrons. The summed E-state index contributed by atoms with van der Waals surface area (Å²) in [4.78, 5) is 0. The number of rotatable bonds is 1. The molecule has 0 N–H and O–H groups in total. The molecule has 0 fully saturated rings. The van der Waals surface area contributed by atoms with Gasteiger partial charge in [0.15, 0.2) is 0 Å². The highest BCUT2D eigenvalue weighted by Crippen LogP contribution is 2.27. The standard InChI is InChI=1S/C12H11ClO/c1-8-7-12(9(2)14-8)10-3-5-11(13)6-4-10/h3-7H,1-2H3. The van der Waals surface area contributed by atoms with Gasteiger partial charge in [-0.3, -0.25) is 0 Å². The topological polar surface area (TPSA) is 13.1 Å². The van der Waals surface area contributed by atoms with E-state index in [1.807, 2.05) is 44.2 Å². The summed E-state index contributed by atoms with van der Waals surface area (Å²) >= 11 is 5.82. The van der Waals surface area contributed by atoms with E-state index in [9.17, 15) is 0 Å². The molecule has 1 heterocycles. The first-order valence-electron chi connectivity index (χ1n) is 4.50. The number of furan rings is 1. The van der Waals surface area contributed by atoms with Crippen LogP contribution in [0, 0.1) is 13.8 Å².